The van der Waals surface area contributed by atoms with E-state index in [9.17, 15) is 9.90 Å². The first-order valence-corrected chi connectivity index (χ1v) is 11.2. The number of aromatic nitrogens is 2. The first-order valence-electron chi connectivity index (χ1n) is 11.2. The Morgan fingerprint density at radius 2 is 1.91 bits per heavy atom. The molecule has 2 aromatic heterocycles. The summed E-state index contributed by atoms with van der Waals surface area (Å²) in [6.07, 6.45) is 6.67. The summed E-state index contributed by atoms with van der Waals surface area (Å²) in [6.45, 7) is 8.73. The third-order valence-corrected chi connectivity index (χ3v) is 6.93. The van der Waals surface area contributed by atoms with E-state index < -0.39 is 5.91 Å². The Morgan fingerprint density at radius 1 is 1.16 bits per heavy atom. The molecule has 1 aromatic carbocycles. The number of hydrogen-bond acceptors (Lipinski definition) is 5. The van der Waals surface area contributed by atoms with Gasteiger partial charge in [0.15, 0.2) is 5.69 Å². The molecule has 1 aliphatic heterocycles. The molecule has 2 atom stereocenters. The summed E-state index contributed by atoms with van der Waals surface area (Å²) in [5, 5.41) is 20.0. The molecule has 1 N–H and O–H groups in total. The van der Waals surface area contributed by atoms with Crippen molar-refractivity contribution >= 4 is 22.5 Å². The number of amides is 1. The number of para-hydroxylation sites is 1. The second-order valence-electron chi connectivity index (χ2n) is 10.5. The number of hydrogen-bond donors (Lipinski definition) is 1. The lowest BCUT2D eigenvalue weighted by Gasteiger charge is -2.40. The molecule has 166 valence electrons. The van der Waals surface area contributed by atoms with Gasteiger partial charge in [-0.3, -0.25) is 19.2 Å². The second kappa shape index (κ2) is 7.52. The van der Waals surface area contributed by atoms with E-state index in [0.29, 0.717) is 34.8 Å². The number of aromatic hydroxyl groups is 1. The minimum Gasteiger partial charge on any atom is -0.493 e. The Kier molecular flexibility index (Phi) is 4.89. The lowest BCUT2D eigenvalue weighted by atomic mass is 9.65. The van der Waals surface area contributed by atoms with Gasteiger partial charge >= 0.3 is 0 Å². The normalized spacial score (nSPS) is 25.0. The first-order chi connectivity index (χ1) is 15.2. The van der Waals surface area contributed by atoms with Gasteiger partial charge < -0.3 is 5.11 Å². The molecule has 1 amide bonds. The van der Waals surface area contributed by atoms with Crippen LogP contribution in [-0.4, -0.2) is 38.1 Å². The minimum atomic E-state index is -0.466. The van der Waals surface area contributed by atoms with Crippen molar-refractivity contribution < 1.29 is 9.90 Å². The molecule has 2 fully saturated rings. The quantitative estimate of drug-likeness (QED) is 0.551. The fourth-order valence-electron chi connectivity index (χ4n) is 6.08. The highest BCUT2D eigenvalue weighted by atomic mass is 16.3. The number of pyridine rings is 1. The van der Waals surface area contributed by atoms with Crippen molar-refractivity contribution in [3.8, 4) is 5.88 Å². The van der Waals surface area contributed by atoms with E-state index in [1.165, 1.54) is 12.8 Å². The molecule has 1 saturated carbocycles. The topological polar surface area (TPSA) is 83.1 Å². The van der Waals surface area contributed by atoms with E-state index in [-0.39, 0.29) is 5.88 Å². The molecule has 0 spiro atoms. The summed E-state index contributed by atoms with van der Waals surface area (Å²) in [5.74, 6) is -0.421. The molecular formula is C25H29N5O2. The number of fused-ring (bicyclic) bond motifs is 3. The van der Waals surface area contributed by atoms with Crippen LogP contribution in [0.5, 0.6) is 5.88 Å². The monoisotopic (exact) mass is 431 g/mol. The van der Waals surface area contributed by atoms with Gasteiger partial charge in [0.05, 0.1) is 12.2 Å². The first kappa shape index (κ1) is 20.8. The van der Waals surface area contributed by atoms with Crippen LogP contribution >= 0.6 is 0 Å². The van der Waals surface area contributed by atoms with E-state index in [1.54, 1.807) is 24.5 Å². The van der Waals surface area contributed by atoms with Gasteiger partial charge in [0.25, 0.3) is 5.91 Å². The number of carbonyl (C=O) groups excluding carboxylic acids is 1. The van der Waals surface area contributed by atoms with Crippen molar-refractivity contribution in [2.24, 2.45) is 21.1 Å². The Morgan fingerprint density at radius 3 is 2.69 bits per heavy atom. The molecule has 3 heterocycles. The number of carbonyl (C=O) groups is 1. The fraction of sp³-hybridized carbons (Fsp3) is 0.440. The predicted molar refractivity (Wildman–Crippen MR) is 123 cm³/mol. The van der Waals surface area contributed by atoms with E-state index in [2.05, 4.69) is 40.9 Å². The highest BCUT2D eigenvalue weighted by Crippen LogP contribution is 2.53. The smallest absolute Gasteiger partial charge is 0.295 e. The summed E-state index contributed by atoms with van der Waals surface area (Å²) in [6, 6.07) is 11.4. The maximum Gasteiger partial charge on any atom is 0.295 e. The molecule has 2 bridgehead atoms. The average molecular weight is 432 g/mol. The predicted octanol–water partition coefficient (Wildman–Crippen LogP) is 5.52. The maximum atomic E-state index is 12.4. The van der Waals surface area contributed by atoms with Gasteiger partial charge in [0.2, 0.25) is 5.88 Å². The molecule has 3 aromatic rings. The van der Waals surface area contributed by atoms with Crippen LogP contribution in [0.15, 0.2) is 59.0 Å². The number of nitrogens with zero attached hydrogens (tertiary/aromatic N) is 5. The summed E-state index contributed by atoms with van der Waals surface area (Å²) in [5.41, 5.74) is 2.27. The highest BCUT2D eigenvalue weighted by Gasteiger charge is 2.49. The van der Waals surface area contributed by atoms with Crippen LogP contribution in [-0.2, 0) is 6.67 Å². The van der Waals surface area contributed by atoms with Crippen molar-refractivity contribution in [1.29, 1.82) is 0 Å². The molecule has 7 nitrogen and oxygen atoms in total. The Hall–Kier alpha value is -3.06. The Balaban J connectivity index is 1.47. The second-order valence-corrected chi connectivity index (χ2v) is 10.5. The third-order valence-electron chi connectivity index (χ3n) is 6.93. The summed E-state index contributed by atoms with van der Waals surface area (Å²) in [4.78, 5) is 18.8. The number of azo groups is 1. The molecule has 7 heteroatoms. The van der Waals surface area contributed by atoms with Crippen molar-refractivity contribution in [2.75, 3.05) is 6.54 Å². The zero-order valence-electron chi connectivity index (χ0n) is 18.8. The van der Waals surface area contributed by atoms with Crippen molar-refractivity contribution in [3.05, 3.63) is 54.4 Å². The number of likely N-dealkylation sites (tertiary alicyclic amines) is 1. The zero-order valence-corrected chi connectivity index (χ0v) is 18.8. The van der Waals surface area contributed by atoms with Gasteiger partial charge in [0.1, 0.15) is 0 Å². The summed E-state index contributed by atoms with van der Waals surface area (Å²) >= 11 is 0. The molecule has 32 heavy (non-hydrogen) atoms. The molecule has 2 aliphatic rings. The molecular weight excluding hydrogens is 402 g/mol. The highest BCUT2D eigenvalue weighted by molar-refractivity contribution is 5.97. The average Bonchev–Trinajstić information content (AvgIpc) is 3.15. The molecule has 5 rings (SSSR count). The lowest BCUT2D eigenvalue weighted by Crippen LogP contribution is -2.35. The largest absolute Gasteiger partial charge is 0.493 e. The minimum absolute atomic E-state index is 0.0448. The van der Waals surface area contributed by atoms with Crippen LogP contribution < -0.4 is 0 Å². The molecule has 0 unspecified atom stereocenters. The van der Waals surface area contributed by atoms with E-state index in [4.69, 9.17) is 0 Å². The van der Waals surface area contributed by atoms with Crippen LogP contribution in [0.2, 0.25) is 0 Å². The molecule has 1 aliphatic carbocycles. The van der Waals surface area contributed by atoms with Crippen molar-refractivity contribution in [3.63, 3.8) is 0 Å². The van der Waals surface area contributed by atoms with E-state index >= 15 is 0 Å². The Bertz CT molecular complexity index is 1200. The van der Waals surface area contributed by atoms with Gasteiger partial charge in [-0.15, -0.1) is 10.2 Å². The van der Waals surface area contributed by atoms with Crippen molar-refractivity contribution in [2.45, 2.75) is 52.7 Å². The van der Waals surface area contributed by atoms with Gasteiger partial charge in [-0.1, -0.05) is 39.0 Å². The van der Waals surface area contributed by atoms with Crippen molar-refractivity contribution in [1.82, 2.24) is 14.5 Å². The standard InChI is InChI=1S/C25H29N5O2/c1-24(2)12-18-13-25(3,14-24)15-29(18)16-30-20-7-5-4-6-19(20)21(23(30)32)27-28-22(31)17-8-10-26-11-9-17/h4-11,18,32H,12-16H2,1-3H3/t18-,25-/m0/s1. The lowest BCUT2D eigenvalue weighted by molar-refractivity contribution is 0.0995. The van der Waals surface area contributed by atoms with E-state index in [1.807, 2.05) is 28.8 Å². The van der Waals surface area contributed by atoms with Gasteiger partial charge in [-0.25, -0.2) is 0 Å². The van der Waals surface area contributed by atoms with Crippen LogP contribution in [0.4, 0.5) is 5.69 Å². The van der Waals surface area contributed by atoms with Gasteiger partial charge in [-0.05, 0) is 48.3 Å². The SMILES string of the molecule is CC1(C)C[C@H]2C[C@](C)(CN2Cn2c(O)c(N=NC(=O)c3ccncc3)c3ccccc32)C1. The van der Waals surface area contributed by atoms with E-state index in [0.717, 1.165) is 23.9 Å². The zero-order chi connectivity index (χ0) is 22.5. The number of benzene rings is 1. The third kappa shape index (κ3) is 3.71. The van der Waals surface area contributed by atoms with Gasteiger partial charge in [-0.2, -0.15) is 0 Å². The Labute approximate surface area is 187 Å². The van der Waals surface area contributed by atoms with Crippen LogP contribution in [0.1, 0.15) is 50.4 Å². The molecule has 0 radical (unpaired) electrons. The fourth-order valence-corrected chi connectivity index (χ4v) is 6.08. The molecule has 1 saturated heterocycles. The van der Waals surface area contributed by atoms with Crippen LogP contribution in [0, 0.1) is 10.8 Å². The van der Waals surface area contributed by atoms with Gasteiger partial charge in [0, 0.05) is 35.9 Å². The van der Waals surface area contributed by atoms with Crippen LogP contribution in [0.3, 0.4) is 0 Å². The summed E-state index contributed by atoms with van der Waals surface area (Å²) in [7, 11) is 0. The summed E-state index contributed by atoms with van der Waals surface area (Å²) < 4.78 is 1.90. The van der Waals surface area contributed by atoms with Crippen LogP contribution in [0.25, 0.3) is 10.9 Å². The number of rotatable bonds is 4. The maximum absolute atomic E-state index is 12.4.